The molecule has 8 N–H and O–H groups in total. The highest BCUT2D eigenvalue weighted by Gasteiger charge is 1.96. The molecule has 0 aromatic carbocycles. The van der Waals surface area contributed by atoms with Crippen molar-refractivity contribution in [1.82, 2.24) is 5.32 Å². The molecule has 0 fully saturated rings. The van der Waals surface area contributed by atoms with Crippen molar-refractivity contribution in [1.29, 1.82) is 5.41 Å². The van der Waals surface area contributed by atoms with Gasteiger partial charge in [0.15, 0.2) is 11.9 Å². The Morgan fingerprint density at radius 3 is 1.75 bits per heavy atom. The fourth-order valence-electron chi connectivity index (χ4n) is 2.25. The highest BCUT2D eigenvalue weighted by molar-refractivity contribution is 5.96. The minimum Gasteiger partial charge on any atom is -0.370 e. The first-order chi connectivity index (χ1) is 11.6. The lowest BCUT2D eigenvalue weighted by molar-refractivity contribution is 0.627. The predicted molar refractivity (Wildman–Crippen MR) is 105 cm³/mol. The molecule has 0 radical (unpaired) electrons. The molecule has 0 saturated heterocycles. The van der Waals surface area contributed by atoms with Crippen LogP contribution >= 0.6 is 0 Å². The molecule has 0 bridgehead atoms. The molecule has 0 aromatic heterocycles. The van der Waals surface area contributed by atoms with Crippen LogP contribution in [0, 0.1) is 5.41 Å². The van der Waals surface area contributed by atoms with E-state index in [9.17, 15) is 0 Å². The molecule has 140 valence electrons. The molecule has 0 rings (SSSR count). The average Bonchev–Trinajstić information content (AvgIpc) is 2.53. The fraction of sp³-hybridized carbons (Fsp3) is 0.824. The molecular weight excluding hydrogens is 302 g/mol. The van der Waals surface area contributed by atoms with Crippen molar-refractivity contribution in [3.05, 3.63) is 0 Å². The molecule has 7 nitrogen and oxygen atoms in total. The number of nitrogens with two attached hydrogens (primary N) is 3. The number of aliphatic imine (C=N–C) groups is 2. The average molecular weight is 340 g/mol. The summed E-state index contributed by atoms with van der Waals surface area (Å²) in [5.74, 6) is 0.663. The van der Waals surface area contributed by atoms with Crippen molar-refractivity contribution in [3.8, 4) is 0 Å². The van der Waals surface area contributed by atoms with E-state index in [1.54, 1.807) is 0 Å². The van der Waals surface area contributed by atoms with Gasteiger partial charge in [0.05, 0.1) is 0 Å². The summed E-state index contributed by atoms with van der Waals surface area (Å²) in [5, 5.41) is 10.2. The van der Waals surface area contributed by atoms with E-state index in [0.717, 1.165) is 63.6 Å². The molecule has 0 atom stereocenters. The Morgan fingerprint density at radius 1 is 0.792 bits per heavy atom. The van der Waals surface area contributed by atoms with Crippen LogP contribution in [0.1, 0.15) is 71.1 Å². The van der Waals surface area contributed by atoms with Gasteiger partial charge in [-0.1, -0.05) is 32.1 Å². The standard InChI is InChI=1S/C17H37N7/c1-15(19)11-7-3-2-5-9-13-22-16(20)24-17(21)23-14-10-6-4-8-12-18/h19H,2-14,18H2,1H3,(H5,20,21,22,23,24). The molecule has 0 unspecified atom stereocenters. The van der Waals surface area contributed by atoms with Gasteiger partial charge in [0.25, 0.3) is 0 Å². The minimum atomic E-state index is 0.331. The fourth-order valence-corrected chi connectivity index (χ4v) is 2.25. The van der Waals surface area contributed by atoms with Gasteiger partial charge in [-0.3, -0.25) is 15.3 Å². The van der Waals surface area contributed by atoms with E-state index in [1.807, 2.05) is 6.92 Å². The van der Waals surface area contributed by atoms with Crippen molar-refractivity contribution >= 4 is 17.6 Å². The number of unbranched alkanes of at least 4 members (excludes halogenated alkanes) is 7. The van der Waals surface area contributed by atoms with E-state index < -0.39 is 0 Å². The Kier molecular flexibility index (Phi) is 15.1. The molecule has 0 aliphatic heterocycles. The summed E-state index contributed by atoms with van der Waals surface area (Å²) in [6.07, 6.45) is 10.9. The highest BCUT2D eigenvalue weighted by atomic mass is 15.2. The van der Waals surface area contributed by atoms with Gasteiger partial charge in [-0.25, -0.2) is 0 Å². The van der Waals surface area contributed by atoms with Gasteiger partial charge in [-0.05, 0) is 45.6 Å². The second-order valence-electron chi connectivity index (χ2n) is 6.16. The van der Waals surface area contributed by atoms with Crippen molar-refractivity contribution in [2.24, 2.45) is 27.2 Å². The van der Waals surface area contributed by atoms with E-state index in [1.165, 1.54) is 12.8 Å². The second-order valence-corrected chi connectivity index (χ2v) is 6.16. The summed E-state index contributed by atoms with van der Waals surface area (Å²) in [5.41, 5.74) is 17.8. The third-order valence-electron chi connectivity index (χ3n) is 3.64. The molecule has 7 heteroatoms. The lowest BCUT2D eigenvalue weighted by atomic mass is 10.1. The maximum absolute atomic E-state index is 7.36. The topological polar surface area (TPSA) is 139 Å². The van der Waals surface area contributed by atoms with Crippen molar-refractivity contribution in [2.45, 2.75) is 71.1 Å². The van der Waals surface area contributed by atoms with Gasteiger partial charge in [0, 0.05) is 18.8 Å². The molecule has 0 aliphatic rings. The molecule has 0 saturated carbocycles. The first-order valence-corrected chi connectivity index (χ1v) is 9.17. The zero-order chi connectivity index (χ0) is 18.0. The number of nitrogens with one attached hydrogen (secondary N) is 2. The summed E-state index contributed by atoms with van der Waals surface area (Å²) in [6.45, 7) is 4.02. The van der Waals surface area contributed by atoms with Gasteiger partial charge >= 0.3 is 0 Å². The largest absolute Gasteiger partial charge is 0.370 e. The molecule has 0 aromatic rings. The number of hydrogen-bond acceptors (Lipinski definition) is 4. The number of guanidine groups is 2. The molecule has 0 amide bonds. The normalized spacial score (nSPS) is 12.4. The zero-order valence-corrected chi connectivity index (χ0v) is 15.3. The number of rotatable bonds is 14. The molecule has 0 spiro atoms. The van der Waals surface area contributed by atoms with Crippen LogP contribution in [-0.4, -0.2) is 37.3 Å². The van der Waals surface area contributed by atoms with E-state index in [4.69, 9.17) is 22.6 Å². The Balaban J connectivity index is 3.61. The van der Waals surface area contributed by atoms with Crippen LogP contribution in [0.15, 0.2) is 9.98 Å². The summed E-state index contributed by atoms with van der Waals surface area (Å²) in [4.78, 5) is 8.48. The van der Waals surface area contributed by atoms with Crippen LogP contribution in [0.3, 0.4) is 0 Å². The van der Waals surface area contributed by atoms with E-state index in [-0.39, 0.29) is 0 Å². The van der Waals surface area contributed by atoms with E-state index in [2.05, 4.69) is 15.3 Å². The smallest absolute Gasteiger partial charge is 0.195 e. The predicted octanol–water partition coefficient (Wildman–Crippen LogP) is 2.10. The van der Waals surface area contributed by atoms with Gasteiger partial charge in [-0.2, -0.15) is 0 Å². The lowest BCUT2D eigenvalue weighted by Gasteiger charge is -2.05. The quantitative estimate of drug-likeness (QED) is 0.188. The SMILES string of the molecule is CC(=N)CCCCCCCN=C(N)NC(N)=NCCCCCCN. The summed E-state index contributed by atoms with van der Waals surface area (Å²) in [6, 6.07) is 0. The highest BCUT2D eigenvalue weighted by Crippen LogP contribution is 2.05. The van der Waals surface area contributed by atoms with Crippen molar-refractivity contribution in [3.63, 3.8) is 0 Å². The minimum absolute atomic E-state index is 0.331. The van der Waals surface area contributed by atoms with Crippen molar-refractivity contribution in [2.75, 3.05) is 19.6 Å². The van der Waals surface area contributed by atoms with Gasteiger partial charge in [0.2, 0.25) is 0 Å². The summed E-state index contributed by atoms with van der Waals surface area (Å²) in [7, 11) is 0. The van der Waals surface area contributed by atoms with Crippen LogP contribution < -0.4 is 22.5 Å². The second kappa shape index (κ2) is 16.2. The van der Waals surface area contributed by atoms with Crippen molar-refractivity contribution < 1.29 is 0 Å². The van der Waals surface area contributed by atoms with E-state index in [0.29, 0.717) is 25.0 Å². The van der Waals surface area contributed by atoms with Crippen LogP contribution in [0.5, 0.6) is 0 Å². The maximum Gasteiger partial charge on any atom is 0.195 e. The Morgan fingerprint density at radius 2 is 1.25 bits per heavy atom. The van der Waals surface area contributed by atoms with Crippen LogP contribution in [0.25, 0.3) is 0 Å². The number of hydrogen-bond donors (Lipinski definition) is 5. The van der Waals surface area contributed by atoms with Gasteiger partial charge in [-0.15, -0.1) is 0 Å². The van der Waals surface area contributed by atoms with Crippen LogP contribution in [-0.2, 0) is 0 Å². The van der Waals surface area contributed by atoms with E-state index >= 15 is 0 Å². The van der Waals surface area contributed by atoms with Crippen LogP contribution in [0.2, 0.25) is 0 Å². The Hall–Kier alpha value is -1.63. The molecule has 24 heavy (non-hydrogen) atoms. The first-order valence-electron chi connectivity index (χ1n) is 9.17. The maximum atomic E-state index is 7.36. The summed E-state index contributed by atoms with van der Waals surface area (Å²) >= 11 is 0. The van der Waals surface area contributed by atoms with Gasteiger partial charge < -0.3 is 22.6 Å². The zero-order valence-electron chi connectivity index (χ0n) is 15.3. The molecular formula is C17H37N7. The summed E-state index contributed by atoms with van der Waals surface area (Å²) < 4.78 is 0. The third-order valence-corrected chi connectivity index (χ3v) is 3.64. The Bertz CT molecular complexity index is 377. The first kappa shape index (κ1) is 22.4. The third kappa shape index (κ3) is 16.7. The number of nitrogens with zero attached hydrogens (tertiary/aromatic N) is 2. The van der Waals surface area contributed by atoms with Gasteiger partial charge in [0.1, 0.15) is 0 Å². The lowest BCUT2D eigenvalue weighted by Crippen LogP contribution is -2.41. The van der Waals surface area contributed by atoms with Crippen LogP contribution in [0.4, 0.5) is 0 Å². The molecule has 0 aliphatic carbocycles. The molecule has 0 heterocycles. The monoisotopic (exact) mass is 339 g/mol. The Labute approximate surface area is 147 Å².